The fourth-order valence-electron chi connectivity index (χ4n) is 3.02. The van der Waals surface area contributed by atoms with Gasteiger partial charge in [0.05, 0.1) is 12.2 Å². The molecule has 3 rings (SSSR count). The summed E-state index contributed by atoms with van der Waals surface area (Å²) in [5, 5.41) is 3.48. The average Bonchev–Trinajstić information content (AvgIpc) is 3.15. The van der Waals surface area contributed by atoms with Crippen molar-refractivity contribution in [1.29, 1.82) is 0 Å². The minimum absolute atomic E-state index is 0.203. The lowest BCUT2D eigenvalue weighted by atomic mass is 10.2. The first-order valence-electron chi connectivity index (χ1n) is 9.49. The second kappa shape index (κ2) is 9.60. The van der Waals surface area contributed by atoms with Gasteiger partial charge in [-0.15, -0.1) is 0 Å². The van der Waals surface area contributed by atoms with Crippen LogP contribution in [-0.2, 0) is 17.8 Å². The van der Waals surface area contributed by atoms with E-state index < -0.39 is 0 Å². The molecule has 2 aromatic rings. The number of ether oxygens (including phenoxy) is 3. The van der Waals surface area contributed by atoms with E-state index in [2.05, 4.69) is 29.6 Å². The van der Waals surface area contributed by atoms with Gasteiger partial charge in [-0.1, -0.05) is 24.3 Å². The molecule has 0 aromatic heterocycles. The van der Waals surface area contributed by atoms with Crippen molar-refractivity contribution in [3.8, 4) is 11.5 Å². The van der Waals surface area contributed by atoms with Crippen LogP contribution in [0, 0.1) is 0 Å². The molecule has 2 aromatic carbocycles. The molecule has 4 nitrogen and oxygen atoms in total. The molecule has 1 N–H and O–H groups in total. The molecular formula is C22H29NO3. The normalized spacial score (nSPS) is 16.8. The Labute approximate surface area is 156 Å². The van der Waals surface area contributed by atoms with Crippen LogP contribution in [0.2, 0.25) is 0 Å². The first-order valence-corrected chi connectivity index (χ1v) is 9.49. The molecule has 1 aliphatic heterocycles. The smallest absolute Gasteiger partial charge is 0.119 e. The summed E-state index contributed by atoms with van der Waals surface area (Å²) < 4.78 is 17.1. The molecule has 1 heterocycles. The molecule has 140 valence electrons. The molecule has 1 fully saturated rings. The van der Waals surface area contributed by atoms with E-state index >= 15 is 0 Å². The highest BCUT2D eigenvalue weighted by atomic mass is 16.5. The van der Waals surface area contributed by atoms with Crippen LogP contribution in [0.5, 0.6) is 11.5 Å². The van der Waals surface area contributed by atoms with Crippen molar-refractivity contribution < 1.29 is 14.2 Å². The third kappa shape index (κ3) is 6.04. The molecule has 0 aliphatic carbocycles. The molecule has 26 heavy (non-hydrogen) atoms. The third-order valence-electron chi connectivity index (χ3n) is 4.31. The SMILES string of the molecule is CC(C)Oc1ccc(CNCc2cccc(OCC3CCCO3)c2)cc1. The van der Waals surface area contributed by atoms with Gasteiger partial charge in [0.15, 0.2) is 0 Å². The van der Waals surface area contributed by atoms with E-state index in [-0.39, 0.29) is 12.2 Å². The molecule has 0 radical (unpaired) electrons. The quantitative estimate of drug-likeness (QED) is 0.727. The maximum Gasteiger partial charge on any atom is 0.119 e. The molecule has 1 saturated heterocycles. The minimum Gasteiger partial charge on any atom is -0.491 e. The summed E-state index contributed by atoms with van der Waals surface area (Å²) in [4.78, 5) is 0. The van der Waals surface area contributed by atoms with Gasteiger partial charge in [-0.3, -0.25) is 0 Å². The molecule has 0 bridgehead atoms. The van der Waals surface area contributed by atoms with Crippen molar-refractivity contribution in [2.24, 2.45) is 0 Å². The second-order valence-corrected chi connectivity index (χ2v) is 7.01. The average molecular weight is 355 g/mol. The molecule has 1 atom stereocenters. The Balaban J connectivity index is 1.43. The minimum atomic E-state index is 0.203. The largest absolute Gasteiger partial charge is 0.491 e. The van der Waals surface area contributed by atoms with E-state index in [1.54, 1.807) is 0 Å². The van der Waals surface area contributed by atoms with Gasteiger partial charge in [-0.05, 0) is 62.1 Å². The van der Waals surface area contributed by atoms with E-state index in [0.29, 0.717) is 6.61 Å². The van der Waals surface area contributed by atoms with Gasteiger partial charge in [-0.2, -0.15) is 0 Å². The van der Waals surface area contributed by atoms with Crippen molar-refractivity contribution in [3.05, 3.63) is 59.7 Å². The molecule has 1 unspecified atom stereocenters. The summed E-state index contributed by atoms with van der Waals surface area (Å²) >= 11 is 0. The zero-order valence-corrected chi connectivity index (χ0v) is 15.7. The Hall–Kier alpha value is -2.04. The molecular weight excluding hydrogens is 326 g/mol. The van der Waals surface area contributed by atoms with Crippen LogP contribution in [0.25, 0.3) is 0 Å². The molecule has 0 amide bonds. The van der Waals surface area contributed by atoms with Crippen molar-refractivity contribution in [3.63, 3.8) is 0 Å². The second-order valence-electron chi connectivity index (χ2n) is 7.01. The van der Waals surface area contributed by atoms with E-state index in [9.17, 15) is 0 Å². The van der Waals surface area contributed by atoms with E-state index in [0.717, 1.165) is 44.0 Å². The standard InChI is InChI=1S/C22H29NO3/c1-17(2)26-20-10-8-18(9-11-20)14-23-15-19-5-3-6-21(13-19)25-16-22-7-4-12-24-22/h3,5-6,8-11,13,17,22-23H,4,7,12,14-16H2,1-2H3. The predicted octanol–water partition coefficient (Wildman–Crippen LogP) is 4.32. The lowest BCUT2D eigenvalue weighted by Crippen LogP contribution is -2.16. The Bertz CT molecular complexity index is 663. The number of nitrogens with one attached hydrogen (secondary N) is 1. The van der Waals surface area contributed by atoms with Gasteiger partial charge in [0, 0.05) is 19.7 Å². The van der Waals surface area contributed by atoms with E-state index in [4.69, 9.17) is 14.2 Å². The van der Waals surface area contributed by atoms with Gasteiger partial charge in [0.2, 0.25) is 0 Å². The van der Waals surface area contributed by atoms with Gasteiger partial charge in [-0.25, -0.2) is 0 Å². The van der Waals surface area contributed by atoms with Crippen LogP contribution in [-0.4, -0.2) is 25.4 Å². The van der Waals surface area contributed by atoms with Crippen molar-refractivity contribution in [1.82, 2.24) is 5.32 Å². The first-order chi connectivity index (χ1) is 12.7. The number of hydrogen-bond donors (Lipinski definition) is 1. The van der Waals surface area contributed by atoms with Gasteiger partial charge in [0.1, 0.15) is 18.1 Å². The first kappa shape index (κ1) is 18.7. The van der Waals surface area contributed by atoms with E-state index in [1.165, 1.54) is 11.1 Å². The summed E-state index contributed by atoms with van der Waals surface area (Å²) in [6.07, 6.45) is 2.69. The highest BCUT2D eigenvalue weighted by molar-refractivity contribution is 5.29. The maximum atomic E-state index is 5.87. The van der Waals surface area contributed by atoms with Crippen molar-refractivity contribution in [2.45, 2.75) is 52.0 Å². The Morgan fingerprint density at radius 3 is 2.58 bits per heavy atom. The van der Waals surface area contributed by atoms with Crippen LogP contribution in [0.4, 0.5) is 0 Å². The summed E-state index contributed by atoms with van der Waals surface area (Å²) in [7, 11) is 0. The molecule has 4 heteroatoms. The van der Waals surface area contributed by atoms with E-state index in [1.807, 2.05) is 38.1 Å². The van der Waals surface area contributed by atoms with Crippen molar-refractivity contribution >= 4 is 0 Å². The van der Waals surface area contributed by atoms with Gasteiger partial charge >= 0.3 is 0 Å². The number of hydrogen-bond acceptors (Lipinski definition) is 4. The topological polar surface area (TPSA) is 39.7 Å². The highest BCUT2D eigenvalue weighted by Gasteiger charge is 2.15. The van der Waals surface area contributed by atoms with Crippen LogP contribution in [0.3, 0.4) is 0 Å². The van der Waals surface area contributed by atoms with Crippen LogP contribution in [0.1, 0.15) is 37.8 Å². The predicted molar refractivity (Wildman–Crippen MR) is 104 cm³/mol. The third-order valence-corrected chi connectivity index (χ3v) is 4.31. The monoisotopic (exact) mass is 355 g/mol. The summed E-state index contributed by atoms with van der Waals surface area (Å²) in [5.74, 6) is 1.83. The summed E-state index contributed by atoms with van der Waals surface area (Å²) in [6.45, 7) is 7.21. The zero-order chi connectivity index (χ0) is 18.2. The Kier molecular flexibility index (Phi) is 6.92. The number of rotatable bonds is 9. The lowest BCUT2D eigenvalue weighted by Gasteiger charge is -2.13. The lowest BCUT2D eigenvalue weighted by molar-refractivity contribution is 0.0679. The Morgan fingerprint density at radius 2 is 1.85 bits per heavy atom. The van der Waals surface area contributed by atoms with Gasteiger partial charge in [0.25, 0.3) is 0 Å². The van der Waals surface area contributed by atoms with Crippen LogP contribution >= 0.6 is 0 Å². The summed E-state index contributed by atoms with van der Waals surface area (Å²) in [5.41, 5.74) is 2.46. The molecule has 1 aliphatic rings. The molecule has 0 spiro atoms. The number of benzene rings is 2. The zero-order valence-electron chi connectivity index (χ0n) is 15.7. The maximum absolute atomic E-state index is 5.87. The summed E-state index contributed by atoms with van der Waals surface area (Å²) in [6, 6.07) is 16.5. The fraction of sp³-hybridized carbons (Fsp3) is 0.455. The Morgan fingerprint density at radius 1 is 1.04 bits per heavy atom. The van der Waals surface area contributed by atoms with Gasteiger partial charge < -0.3 is 19.5 Å². The molecule has 0 saturated carbocycles. The van der Waals surface area contributed by atoms with Crippen LogP contribution < -0.4 is 14.8 Å². The van der Waals surface area contributed by atoms with Crippen LogP contribution in [0.15, 0.2) is 48.5 Å². The highest BCUT2D eigenvalue weighted by Crippen LogP contribution is 2.18. The fourth-order valence-corrected chi connectivity index (χ4v) is 3.02. The van der Waals surface area contributed by atoms with Crippen molar-refractivity contribution in [2.75, 3.05) is 13.2 Å².